The molecule has 1 N–H and O–H groups in total. The molecule has 78 valence electrons. The third kappa shape index (κ3) is 3.37. The summed E-state index contributed by atoms with van der Waals surface area (Å²) < 4.78 is 5.32. The van der Waals surface area contributed by atoms with Crippen molar-refractivity contribution in [1.29, 1.82) is 0 Å². The zero-order chi connectivity index (χ0) is 10.8. The monoisotopic (exact) mass is 234 g/mol. The maximum Gasteiger partial charge on any atom is 0.139 e. The Morgan fingerprint density at radius 2 is 2.00 bits per heavy atom. The van der Waals surface area contributed by atoms with Gasteiger partial charge < -0.3 is 9.84 Å². The normalized spacial score (nSPS) is 11.5. The van der Waals surface area contributed by atoms with Crippen LogP contribution in [-0.2, 0) is 0 Å². The van der Waals surface area contributed by atoms with Crippen molar-refractivity contribution in [3.63, 3.8) is 0 Å². The Kier molecular flexibility index (Phi) is 3.65. The van der Waals surface area contributed by atoms with Gasteiger partial charge >= 0.3 is 0 Å². The molecule has 0 atom stereocenters. The molecule has 0 aliphatic heterocycles. The van der Waals surface area contributed by atoms with Crippen LogP contribution in [0.25, 0.3) is 0 Å². The van der Waals surface area contributed by atoms with Gasteiger partial charge in [-0.1, -0.05) is 29.3 Å². The van der Waals surface area contributed by atoms with Gasteiger partial charge in [-0.2, -0.15) is 0 Å². The lowest BCUT2D eigenvalue weighted by molar-refractivity contribution is 0.0285. The predicted octanol–water partition coefficient (Wildman–Crippen LogP) is 3.14. The zero-order valence-corrected chi connectivity index (χ0v) is 9.56. The molecule has 0 aromatic heterocycles. The third-order valence-corrected chi connectivity index (χ3v) is 2.30. The van der Waals surface area contributed by atoms with Crippen LogP contribution < -0.4 is 4.74 Å². The van der Waals surface area contributed by atoms with Crippen molar-refractivity contribution in [1.82, 2.24) is 0 Å². The van der Waals surface area contributed by atoms with E-state index in [4.69, 9.17) is 27.9 Å². The van der Waals surface area contributed by atoms with E-state index in [1.54, 1.807) is 32.0 Å². The second-order valence-electron chi connectivity index (χ2n) is 3.65. The van der Waals surface area contributed by atoms with Gasteiger partial charge in [0.25, 0.3) is 0 Å². The van der Waals surface area contributed by atoms with Crippen molar-refractivity contribution in [2.75, 3.05) is 6.61 Å². The van der Waals surface area contributed by atoms with Crippen LogP contribution in [0, 0.1) is 0 Å². The summed E-state index contributed by atoms with van der Waals surface area (Å²) >= 11 is 11.7. The highest BCUT2D eigenvalue weighted by Gasteiger charge is 2.14. The Balaban J connectivity index is 2.73. The molecule has 0 aliphatic carbocycles. The molecule has 1 rings (SSSR count). The maximum absolute atomic E-state index is 9.44. The van der Waals surface area contributed by atoms with Gasteiger partial charge in [-0.25, -0.2) is 0 Å². The van der Waals surface area contributed by atoms with E-state index in [0.29, 0.717) is 15.8 Å². The van der Waals surface area contributed by atoms with E-state index in [2.05, 4.69) is 0 Å². The van der Waals surface area contributed by atoms with Gasteiger partial charge in [0.1, 0.15) is 17.4 Å². The SMILES string of the molecule is CC(C)(O)COc1cccc(Cl)c1Cl. The highest BCUT2D eigenvalue weighted by molar-refractivity contribution is 6.42. The first-order chi connectivity index (χ1) is 6.40. The summed E-state index contributed by atoms with van der Waals surface area (Å²) in [6.45, 7) is 3.49. The Morgan fingerprint density at radius 1 is 1.36 bits per heavy atom. The van der Waals surface area contributed by atoms with Gasteiger partial charge in [0, 0.05) is 0 Å². The highest BCUT2D eigenvalue weighted by Crippen LogP contribution is 2.31. The molecule has 0 spiro atoms. The molecule has 0 unspecified atom stereocenters. The molecular weight excluding hydrogens is 223 g/mol. The molecule has 4 heteroatoms. The Bertz CT molecular complexity index is 318. The van der Waals surface area contributed by atoms with Crippen molar-refractivity contribution in [3.8, 4) is 5.75 Å². The van der Waals surface area contributed by atoms with Gasteiger partial charge in [0.05, 0.1) is 10.6 Å². The lowest BCUT2D eigenvalue weighted by Crippen LogP contribution is -2.27. The van der Waals surface area contributed by atoms with E-state index in [0.717, 1.165) is 0 Å². The first-order valence-electron chi connectivity index (χ1n) is 4.19. The number of hydrogen-bond acceptors (Lipinski definition) is 2. The van der Waals surface area contributed by atoms with Gasteiger partial charge in [0.2, 0.25) is 0 Å². The molecule has 0 saturated heterocycles. The largest absolute Gasteiger partial charge is 0.489 e. The van der Waals surface area contributed by atoms with Crippen LogP contribution in [0.3, 0.4) is 0 Å². The van der Waals surface area contributed by atoms with Crippen LogP contribution >= 0.6 is 23.2 Å². The second kappa shape index (κ2) is 4.39. The molecule has 0 radical (unpaired) electrons. The molecule has 1 aromatic rings. The lowest BCUT2D eigenvalue weighted by Gasteiger charge is -2.18. The van der Waals surface area contributed by atoms with E-state index >= 15 is 0 Å². The van der Waals surface area contributed by atoms with Crippen molar-refractivity contribution >= 4 is 23.2 Å². The standard InChI is InChI=1S/C10H12Cl2O2/c1-10(2,13)6-14-8-5-3-4-7(11)9(8)12/h3-5,13H,6H2,1-2H3. The molecule has 0 saturated carbocycles. The van der Waals surface area contributed by atoms with Crippen LogP contribution in [-0.4, -0.2) is 17.3 Å². The number of aliphatic hydroxyl groups is 1. The van der Waals surface area contributed by atoms with Crippen molar-refractivity contribution in [2.24, 2.45) is 0 Å². The van der Waals surface area contributed by atoms with E-state index in [-0.39, 0.29) is 6.61 Å². The summed E-state index contributed by atoms with van der Waals surface area (Å²) in [5, 5.41) is 10.3. The molecule has 14 heavy (non-hydrogen) atoms. The van der Waals surface area contributed by atoms with Crippen molar-refractivity contribution in [2.45, 2.75) is 19.4 Å². The summed E-state index contributed by atoms with van der Waals surface area (Å²) in [6.07, 6.45) is 0. The summed E-state index contributed by atoms with van der Waals surface area (Å²) in [4.78, 5) is 0. The Morgan fingerprint density at radius 3 is 2.57 bits per heavy atom. The maximum atomic E-state index is 9.44. The average molecular weight is 235 g/mol. The molecule has 2 nitrogen and oxygen atoms in total. The first-order valence-corrected chi connectivity index (χ1v) is 4.95. The van der Waals surface area contributed by atoms with Crippen LogP contribution in [0.2, 0.25) is 10.0 Å². The van der Waals surface area contributed by atoms with E-state index in [9.17, 15) is 5.11 Å². The van der Waals surface area contributed by atoms with Gasteiger partial charge in [0.15, 0.2) is 0 Å². The quantitative estimate of drug-likeness (QED) is 0.871. The first kappa shape index (κ1) is 11.6. The summed E-state index contributed by atoms with van der Waals surface area (Å²) in [6, 6.07) is 5.13. The number of rotatable bonds is 3. The Hall–Kier alpha value is -0.440. The molecular formula is C10H12Cl2O2. The predicted molar refractivity (Wildman–Crippen MR) is 58.3 cm³/mol. The minimum absolute atomic E-state index is 0.174. The minimum atomic E-state index is -0.883. The van der Waals surface area contributed by atoms with Crippen molar-refractivity contribution < 1.29 is 9.84 Å². The summed E-state index contributed by atoms with van der Waals surface area (Å²) in [5.74, 6) is 0.487. The van der Waals surface area contributed by atoms with Crippen LogP contribution in [0.1, 0.15) is 13.8 Å². The number of benzene rings is 1. The van der Waals surface area contributed by atoms with Gasteiger partial charge in [-0.05, 0) is 26.0 Å². The topological polar surface area (TPSA) is 29.5 Å². The molecule has 0 amide bonds. The van der Waals surface area contributed by atoms with Crippen LogP contribution in [0.4, 0.5) is 0 Å². The lowest BCUT2D eigenvalue weighted by atomic mass is 10.2. The van der Waals surface area contributed by atoms with Crippen LogP contribution in [0.5, 0.6) is 5.75 Å². The van der Waals surface area contributed by atoms with E-state index in [1.807, 2.05) is 0 Å². The second-order valence-corrected chi connectivity index (χ2v) is 4.44. The fraction of sp³-hybridized carbons (Fsp3) is 0.400. The third-order valence-electron chi connectivity index (χ3n) is 1.50. The molecule has 0 aliphatic rings. The zero-order valence-electron chi connectivity index (χ0n) is 8.05. The molecule has 0 fully saturated rings. The fourth-order valence-electron chi connectivity index (χ4n) is 0.850. The van der Waals surface area contributed by atoms with Crippen LogP contribution in [0.15, 0.2) is 18.2 Å². The average Bonchev–Trinajstić information content (AvgIpc) is 2.06. The van der Waals surface area contributed by atoms with Crippen molar-refractivity contribution in [3.05, 3.63) is 28.2 Å². The Labute approximate surface area is 93.4 Å². The van der Waals surface area contributed by atoms with E-state index < -0.39 is 5.60 Å². The molecule has 1 aromatic carbocycles. The number of halogens is 2. The number of hydrogen-bond donors (Lipinski definition) is 1. The van der Waals surface area contributed by atoms with Gasteiger partial charge in [-0.15, -0.1) is 0 Å². The fourth-order valence-corrected chi connectivity index (χ4v) is 1.20. The molecule has 0 bridgehead atoms. The summed E-state index contributed by atoms with van der Waals surface area (Å²) in [5.41, 5.74) is -0.883. The summed E-state index contributed by atoms with van der Waals surface area (Å²) in [7, 11) is 0. The number of ether oxygens (including phenoxy) is 1. The smallest absolute Gasteiger partial charge is 0.139 e. The molecule has 0 heterocycles. The highest BCUT2D eigenvalue weighted by atomic mass is 35.5. The van der Waals surface area contributed by atoms with E-state index in [1.165, 1.54) is 0 Å². The minimum Gasteiger partial charge on any atom is -0.489 e. The van der Waals surface area contributed by atoms with Gasteiger partial charge in [-0.3, -0.25) is 0 Å².